The maximum Gasteiger partial charge on any atom is 0.187 e. The van der Waals surface area contributed by atoms with Gasteiger partial charge in [-0.15, -0.1) is 0 Å². The van der Waals surface area contributed by atoms with Gasteiger partial charge in [0.25, 0.3) is 0 Å². The SMILES string of the molecule is O=C1C=CC=C2C=c3c(ccc4ccccc34)=C12. The van der Waals surface area contributed by atoms with Crippen LogP contribution in [0.2, 0.25) is 0 Å². The molecule has 1 nitrogen and oxygen atoms in total. The monoisotopic (exact) mass is 230 g/mol. The van der Waals surface area contributed by atoms with E-state index in [-0.39, 0.29) is 5.78 Å². The first kappa shape index (κ1) is 9.60. The Morgan fingerprint density at radius 3 is 2.78 bits per heavy atom. The van der Waals surface area contributed by atoms with Crippen molar-refractivity contribution in [2.24, 2.45) is 0 Å². The summed E-state index contributed by atoms with van der Waals surface area (Å²) in [5, 5.41) is 4.67. The Morgan fingerprint density at radius 2 is 1.83 bits per heavy atom. The molecule has 0 aliphatic heterocycles. The minimum atomic E-state index is 0.109. The van der Waals surface area contributed by atoms with Crippen molar-refractivity contribution >= 4 is 28.2 Å². The van der Waals surface area contributed by atoms with Crippen LogP contribution in [0.4, 0.5) is 0 Å². The van der Waals surface area contributed by atoms with E-state index < -0.39 is 0 Å². The third-order valence-corrected chi connectivity index (χ3v) is 3.60. The summed E-state index contributed by atoms with van der Waals surface area (Å²) in [6.07, 6.45) is 7.59. The summed E-state index contributed by atoms with van der Waals surface area (Å²) >= 11 is 0. The lowest BCUT2D eigenvalue weighted by Crippen LogP contribution is -2.25. The van der Waals surface area contributed by atoms with Crippen molar-refractivity contribution in [3.8, 4) is 0 Å². The van der Waals surface area contributed by atoms with Gasteiger partial charge in [-0.05, 0) is 38.9 Å². The summed E-state index contributed by atoms with van der Waals surface area (Å²) in [6.45, 7) is 0. The van der Waals surface area contributed by atoms with Crippen molar-refractivity contribution in [2.75, 3.05) is 0 Å². The van der Waals surface area contributed by atoms with E-state index in [2.05, 4.69) is 30.3 Å². The van der Waals surface area contributed by atoms with Crippen molar-refractivity contribution in [1.29, 1.82) is 0 Å². The first-order chi connectivity index (χ1) is 8.84. The summed E-state index contributed by atoms with van der Waals surface area (Å²) in [5.74, 6) is 0.109. The molecule has 0 unspecified atom stereocenters. The van der Waals surface area contributed by atoms with Crippen LogP contribution in [-0.2, 0) is 4.79 Å². The van der Waals surface area contributed by atoms with E-state index in [0.717, 1.165) is 16.4 Å². The molecule has 0 amide bonds. The van der Waals surface area contributed by atoms with Crippen LogP contribution in [0.15, 0.2) is 60.2 Å². The van der Waals surface area contributed by atoms with Gasteiger partial charge in [0.05, 0.1) is 0 Å². The molecule has 2 aliphatic carbocycles. The minimum Gasteiger partial charge on any atom is -0.289 e. The topological polar surface area (TPSA) is 17.1 Å². The molecular formula is C17H10O. The third-order valence-electron chi connectivity index (χ3n) is 3.60. The number of ketones is 1. The van der Waals surface area contributed by atoms with Crippen LogP contribution in [0, 0.1) is 0 Å². The fraction of sp³-hybridized carbons (Fsp3) is 0. The van der Waals surface area contributed by atoms with Gasteiger partial charge in [-0.1, -0.05) is 48.6 Å². The number of carbonyl (C=O) groups is 1. The summed E-state index contributed by atoms with van der Waals surface area (Å²) in [4.78, 5) is 12.0. The molecule has 0 saturated carbocycles. The van der Waals surface area contributed by atoms with E-state index in [0.29, 0.717) is 0 Å². The number of hydrogen-bond donors (Lipinski definition) is 0. The molecule has 2 aromatic carbocycles. The highest BCUT2D eigenvalue weighted by molar-refractivity contribution is 6.30. The van der Waals surface area contributed by atoms with Crippen LogP contribution >= 0.6 is 0 Å². The fourth-order valence-electron chi connectivity index (χ4n) is 2.78. The smallest absolute Gasteiger partial charge is 0.187 e. The van der Waals surface area contributed by atoms with E-state index in [1.54, 1.807) is 6.08 Å². The molecule has 4 rings (SSSR count). The molecule has 18 heavy (non-hydrogen) atoms. The highest BCUT2D eigenvalue weighted by atomic mass is 16.1. The second kappa shape index (κ2) is 3.30. The number of fused-ring (bicyclic) bond motifs is 4. The van der Waals surface area contributed by atoms with Gasteiger partial charge in [-0.3, -0.25) is 4.79 Å². The van der Waals surface area contributed by atoms with Crippen LogP contribution in [0.3, 0.4) is 0 Å². The van der Waals surface area contributed by atoms with Crippen LogP contribution in [-0.4, -0.2) is 5.78 Å². The van der Waals surface area contributed by atoms with Crippen molar-refractivity contribution in [3.05, 3.63) is 70.6 Å². The molecule has 0 spiro atoms. The van der Waals surface area contributed by atoms with E-state index in [1.807, 2.05) is 24.3 Å². The standard InChI is InChI=1S/C17H10O/c18-16-7-3-5-12-10-15-13-6-2-1-4-11(13)8-9-14(15)17(12)16/h1-10H. The van der Waals surface area contributed by atoms with Gasteiger partial charge in [0, 0.05) is 5.57 Å². The Bertz CT molecular complexity index is 879. The molecule has 2 aromatic rings. The number of rotatable bonds is 0. The van der Waals surface area contributed by atoms with E-state index >= 15 is 0 Å². The first-order valence-electron chi connectivity index (χ1n) is 6.01. The van der Waals surface area contributed by atoms with E-state index in [4.69, 9.17) is 0 Å². The molecule has 0 N–H and O–H groups in total. The molecule has 84 valence electrons. The summed E-state index contributed by atoms with van der Waals surface area (Å²) in [6, 6.07) is 12.4. The predicted molar refractivity (Wildman–Crippen MR) is 73.3 cm³/mol. The van der Waals surface area contributed by atoms with Crippen LogP contribution in [0.5, 0.6) is 0 Å². The van der Waals surface area contributed by atoms with Crippen LogP contribution in [0.25, 0.3) is 22.4 Å². The van der Waals surface area contributed by atoms with E-state index in [9.17, 15) is 4.79 Å². The van der Waals surface area contributed by atoms with E-state index in [1.165, 1.54) is 16.0 Å². The second-order valence-corrected chi connectivity index (χ2v) is 4.61. The molecule has 2 aliphatic rings. The summed E-state index contributed by atoms with van der Waals surface area (Å²) in [7, 11) is 0. The highest BCUT2D eigenvalue weighted by Gasteiger charge is 2.19. The molecule has 0 heterocycles. The lowest BCUT2D eigenvalue weighted by molar-refractivity contribution is -0.109. The van der Waals surface area contributed by atoms with Gasteiger partial charge >= 0.3 is 0 Å². The van der Waals surface area contributed by atoms with Gasteiger partial charge in [0.2, 0.25) is 0 Å². The summed E-state index contributed by atoms with van der Waals surface area (Å²) < 4.78 is 0. The largest absolute Gasteiger partial charge is 0.289 e. The normalized spacial score (nSPS) is 16.3. The zero-order chi connectivity index (χ0) is 12.1. The molecule has 0 radical (unpaired) electrons. The number of benzene rings is 2. The Morgan fingerprint density at radius 1 is 0.944 bits per heavy atom. The fourth-order valence-corrected chi connectivity index (χ4v) is 2.78. The zero-order valence-electron chi connectivity index (χ0n) is 9.68. The number of carbonyl (C=O) groups excluding carboxylic acids is 1. The Labute approximate surface area is 104 Å². The molecule has 0 aromatic heterocycles. The molecule has 0 atom stereocenters. The first-order valence-corrected chi connectivity index (χ1v) is 6.01. The Balaban J connectivity index is 2.27. The zero-order valence-corrected chi connectivity index (χ0v) is 9.68. The Hall–Kier alpha value is -2.41. The van der Waals surface area contributed by atoms with Gasteiger partial charge in [0.15, 0.2) is 5.78 Å². The molecule has 0 bridgehead atoms. The molecule has 1 heteroatoms. The quantitative estimate of drug-likeness (QED) is 0.675. The maximum absolute atomic E-state index is 12.0. The molecule has 0 saturated heterocycles. The third kappa shape index (κ3) is 1.13. The predicted octanol–water partition coefficient (Wildman–Crippen LogP) is 1.85. The van der Waals surface area contributed by atoms with Crippen molar-refractivity contribution in [1.82, 2.24) is 0 Å². The Kier molecular flexibility index (Phi) is 1.76. The van der Waals surface area contributed by atoms with Gasteiger partial charge in [-0.25, -0.2) is 0 Å². The van der Waals surface area contributed by atoms with Gasteiger partial charge in [0.1, 0.15) is 0 Å². The van der Waals surface area contributed by atoms with Crippen molar-refractivity contribution in [3.63, 3.8) is 0 Å². The van der Waals surface area contributed by atoms with Crippen molar-refractivity contribution in [2.45, 2.75) is 0 Å². The number of hydrogen-bond acceptors (Lipinski definition) is 1. The molecule has 0 fully saturated rings. The van der Waals surface area contributed by atoms with Crippen LogP contribution < -0.4 is 10.4 Å². The lowest BCUT2D eigenvalue weighted by Gasteiger charge is -2.04. The maximum atomic E-state index is 12.0. The average Bonchev–Trinajstić information content (AvgIpc) is 2.79. The number of allylic oxidation sites excluding steroid dienone is 4. The van der Waals surface area contributed by atoms with Crippen LogP contribution in [0.1, 0.15) is 0 Å². The van der Waals surface area contributed by atoms with Gasteiger partial charge < -0.3 is 0 Å². The van der Waals surface area contributed by atoms with Crippen molar-refractivity contribution < 1.29 is 4.79 Å². The van der Waals surface area contributed by atoms with Gasteiger partial charge in [-0.2, -0.15) is 0 Å². The minimum absolute atomic E-state index is 0.109. The second-order valence-electron chi connectivity index (χ2n) is 4.61. The summed E-state index contributed by atoms with van der Waals surface area (Å²) in [5.41, 5.74) is 1.88. The average molecular weight is 230 g/mol. The molecular weight excluding hydrogens is 220 g/mol. The lowest BCUT2D eigenvalue weighted by atomic mass is 9.98. The highest BCUT2D eigenvalue weighted by Crippen LogP contribution is 2.21.